The number of benzene rings is 2. The van der Waals surface area contributed by atoms with Gasteiger partial charge in [-0.3, -0.25) is 4.79 Å². The summed E-state index contributed by atoms with van der Waals surface area (Å²) < 4.78 is 6.95. The van der Waals surface area contributed by atoms with Crippen LogP contribution in [0.2, 0.25) is 0 Å². The van der Waals surface area contributed by atoms with Crippen LogP contribution in [0.5, 0.6) is 5.75 Å². The molecule has 1 unspecified atom stereocenters. The van der Waals surface area contributed by atoms with Crippen LogP contribution in [0.15, 0.2) is 60.8 Å². The zero-order valence-corrected chi connectivity index (χ0v) is 18.2. The first-order valence-corrected chi connectivity index (χ1v) is 10.3. The molecule has 0 saturated heterocycles. The molecule has 0 fully saturated rings. The highest BCUT2D eigenvalue weighted by atomic mass is 16.5. The molecule has 2 aromatic carbocycles. The molecule has 0 spiro atoms. The van der Waals surface area contributed by atoms with Crippen molar-refractivity contribution in [2.75, 3.05) is 7.11 Å². The van der Waals surface area contributed by atoms with Crippen molar-refractivity contribution in [1.82, 2.24) is 20.1 Å². The van der Waals surface area contributed by atoms with E-state index in [0.717, 1.165) is 33.5 Å². The zero-order valence-electron chi connectivity index (χ0n) is 18.2. The molecule has 0 aliphatic rings. The summed E-state index contributed by atoms with van der Waals surface area (Å²) in [5, 5.41) is 8.63. The van der Waals surface area contributed by atoms with Crippen molar-refractivity contribution in [1.29, 1.82) is 0 Å². The predicted octanol–water partition coefficient (Wildman–Crippen LogP) is 4.60. The van der Waals surface area contributed by atoms with E-state index in [9.17, 15) is 4.79 Å². The van der Waals surface area contributed by atoms with Gasteiger partial charge in [0, 0.05) is 11.6 Å². The summed E-state index contributed by atoms with van der Waals surface area (Å²) in [5.74, 6) is 0.641. The third kappa shape index (κ3) is 4.28. The molecule has 4 aromatic rings. The van der Waals surface area contributed by atoms with Crippen LogP contribution in [0.1, 0.15) is 29.8 Å². The molecule has 1 N–H and O–H groups in total. The molecule has 0 saturated carbocycles. The van der Waals surface area contributed by atoms with E-state index in [2.05, 4.69) is 46.6 Å². The van der Waals surface area contributed by atoms with Crippen LogP contribution in [-0.2, 0) is 11.3 Å². The van der Waals surface area contributed by atoms with Crippen molar-refractivity contribution < 1.29 is 9.53 Å². The number of carbonyl (C=O) groups is 1. The molecule has 158 valence electrons. The molecule has 2 heterocycles. The van der Waals surface area contributed by atoms with Crippen molar-refractivity contribution in [2.24, 2.45) is 0 Å². The first-order chi connectivity index (χ1) is 15.0. The van der Waals surface area contributed by atoms with E-state index in [-0.39, 0.29) is 18.5 Å². The smallest absolute Gasteiger partial charge is 0.242 e. The fraction of sp³-hybridized carbons (Fsp3) is 0.240. The minimum atomic E-state index is -0.151. The van der Waals surface area contributed by atoms with Gasteiger partial charge in [-0.1, -0.05) is 42.0 Å². The van der Waals surface area contributed by atoms with Crippen molar-refractivity contribution in [3.8, 4) is 16.9 Å². The highest BCUT2D eigenvalue weighted by Gasteiger charge is 2.17. The minimum Gasteiger partial charge on any atom is -0.497 e. The van der Waals surface area contributed by atoms with Crippen LogP contribution in [0.4, 0.5) is 0 Å². The van der Waals surface area contributed by atoms with Crippen LogP contribution >= 0.6 is 0 Å². The summed E-state index contributed by atoms with van der Waals surface area (Å²) in [7, 11) is 1.63. The maximum Gasteiger partial charge on any atom is 0.242 e. The molecular formula is C25H26N4O2. The van der Waals surface area contributed by atoms with E-state index in [0.29, 0.717) is 5.65 Å². The van der Waals surface area contributed by atoms with Crippen LogP contribution < -0.4 is 10.1 Å². The first-order valence-electron chi connectivity index (χ1n) is 10.3. The molecular weight excluding hydrogens is 388 g/mol. The molecule has 1 atom stereocenters. The molecule has 1 amide bonds. The summed E-state index contributed by atoms with van der Waals surface area (Å²) in [6.45, 7) is 6.07. The highest BCUT2D eigenvalue weighted by molar-refractivity contribution is 5.95. The lowest BCUT2D eigenvalue weighted by Gasteiger charge is -2.15. The number of rotatable bonds is 6. The van der Waals surface area contributed by atoms with Gasteiger partial charge in [0.25, 0.3) is 0 Å². The fourth-order valence-corrected chi connectivity index (χ4v) is 3.78. The number of aromatic nitrogens is 3. The second-order valence-corrected chi connectivity index (χ2v) is 7.73. The van der Waals surface area contributed by atoms with Crippen LogP contribution in [0.25, 0.3) is 22.2 Å². The summed E-state index contributed by atoms with van der Waals surface area (Å²) in [5.41, 5.74) is 5.93. The molecule has 31 heavy (non-hydrogen) atoms. The van der Waals surface area contributed by atoms with Gasteiger partial charge < -0.3 is 10.1 Å². The van der Waals surface area contributed by atoms with Crippen molar-refractivity contribution in [3.05, 3.63) is 77.6 Å². The van der Waals surface area contributed by atoms with Gasteiger partial charge in [-0.05, 0) is 55.7 Å². The molecule has 0 aliphatic carbocycles. The number of fused-ring (bicyclic) bond motifs is 1. The Morgan fingerprint density at radius 2 is 1.90 bits per heavy atom. The zero-order chi connectivity index (χ0) is 22.0. The van der Waals surface area contributed by atoms with E-state index < -0.39 is 0 Å². The van der Waals surface area contributed by atoms with Crippen LogP contribution in [0, 0.1) is 13.8 Å². The van der Waals surface area contributed by atoms with E-state index in [1.807, 2.05) is 44.2 Å². The van der Waals surface area contributed by atoms with E-state index in [4.69, 9.17) is 4.74 Å². The number of hydrogen-bond donors (Lipinski definition) is 1. The van der Waals surface area contributed by atoms with Crippen molar-refractivity contribution in [2.45, 2.75) is 33.4 Å². The Hall–Kier alpha value is -3.67. The second-order valence-electron chi connectivity index (χ2n) is 7.73. The third-order valence-electron chi connectivity index (χ3n) is 5.44. The van der Waals surface area contributed by atoms with Gasteiger partial charge in [-0.25, -0.2) is 9.67 Å². The minimum absolute atomic E-state index is 0.100. The topological polar surface area (TPSA) is 69.0 Å². The molecule has 0 radical (unpaired) electrons. The lowest BCUT2D eigenvalue weighted by Crippen LogP contribution is -2.30. The van der Waals surface area contributed by atoms with Crippen molar-refractivity contribution >= 4 is 16.9 Å². The Kier molecular flexibility index (Phi) is 5.71. The number of methoxy groups -OCH3 is 1. The first kappa shape index (κ1) is 20.6. The number of hydrogen-bond acceptors (Lipinski definition) is 4. The largest absolute Gasteiger partial charge is 0.497 e. The number of aryl methyl sites for hydroxylation is 2. The highest BCUT2D eigenvalue weighted by Crippen LogP contribution is 2.30. The lowest BCUT2D eigenvalue weighted by molar-refractivity contribution is -0.122. The normalized spacial score (nSPS) is 12.0. The summed E-state index contributed by atoms with van der Waals surface area (Å²) in [6, 6.07) is 17.9. The van der Waals surface area contributed by atoms with Crippen molar-refractivity contribution in [3.63, 3.8) is 0 Å². The summed E-state index contributed by atoms with van der Waals surface area (Å²) in [4.78, 5) is 17.3. The molecule has 0 aliphatic heterocycles. The Labute approximate surface area is 181 Å². The van der Waals surface area contributed by atoms with E-state index in [1.54, 1.807) is 18.0 Å². The van der Waals surface area contributed by atoms with Gasteiger partial charge in [0.1, 0.15) is 12.3 Å². The Balaban J connectivity index is 1.58. The number of pyridine rings is 1. The fourth-order valence-electron chi connectivity index (χ4n) is 3.78. The molecule has 0 bridgehead atoms. The number of ether oxygens (including phenoxy) is 1. The van der Waals surface area contributed by atoms with Gasteiger partial charge in [0.05, 0.1) is 18.8 Å². The van der Waals surface area contributed by atoms with Crippen LogP contribution in [0.3, 0.4) is 0 Å². The molecule has 6 nitrogen and oxygen atoms in total. The number of nitrogens with one attached hydrogen (secondary N) is 1. The Morgan fingerprint density at radius 1 is 1.13 bits per heavy atom. The Morgan fingerprint density at radius 3 is 2.65 bits per heavy atom. The van der Waals surface area contributed by atoms with Crippen LogP contribution in [-0.4, -0.2) is 27.8 Å². The number of carbonyl (C=O) groups excluding carboxylic acids is 1. The quantitative estimate of drug-likeness (QED) is 0.501. The number of amides is 1. The standard InChI is InChI=1S/C25H26N4O2/c1-16-8-10-19(11-9-16)22-12-13-26-25-24(22)18(3)28-29(25)15-23(30)27-17(2)20-6-5-7-21(14-20)31-4/h5-14,17H,15H2,1-4H3,(H,27,30). The monoisotopic (exact) mass is 414 g/mol. The number of nitrogens with zero attached hydrogens (tertiary/aromatic N) is 3. The van der Waals surface area contributed by atoms with Gasteiger partial charge in [0.15, 0.2) is 5.65 Å². The molecule has 4 rings (SSSR count). The summed E-state index contributed by atoms with van der Waals surface area (Å²) in [6.07, 6.45) is 1.77. The third-order valence-corrected chi connectivity index (χ3v) is 5.44. The van der Waals surface area contributed by atoms with Gasteiger partial charge in [-0.15, -0.1) is 0 Å². The summed E-state index contributed by atoms with van der Waals surface area (Å²) >= 11 is 0. The maximum absolute atomic E-state index is 12.8. The molecule has 2 aromatic heterocycles. The average Bonchev–Trinajstić information content (AvgIpc) is 3.09. The Bertz CT molecular complexity index is 1230. The SMILES string of the molecule is COc1cccc(C(C)NC(=O)Cn2nc(C)c3c(-c4ccc(C)cc4)ccnc32)c1. The van der Waals surface area contributed by atoms with E-state index >= 15 is 0 Å². The second kappa shape index (κ2) is 8.60. The average molecular weight is 415 g/mol. The lowest BCUT2D eigenvalue weighted by atomic mass is 10.0. The maximum atomic E-state index is 12.8. The van der Waals surface area contributed by atoms with Gasteiger partial charge in [0.2, 0.25) is 5.91 Å². The predicted molar refractivity (Wildman–Crippen MR) is 122 cm³/mol. The molecule has 6 heteroatoms. The van der Waals surface area contributed by atoms with Gasteiger partial charge >= 0.3 is 0 Å². The van der Waals surface area contributed by atoms with Gasteiger partial charge in [-0.2, -0.15) is 5.10 Å². The van der Waals surface area contributed by atoms with E-state index in [1.165, 1.54) is 5.56 Å².